The summed E-state index contributed by atoms with van der Waals surface area (Å²) in [4.78, 5) is 11.9. The highest BCUT2D eigenvalue weighted by molar-refractivity contribution is 5.92. The molecule has 214 valence electrons. The minimum Gasteiger partial charge on any atom is -0.494 e. The SMILES string of the molecule is CCOc1ccc2c(c1)C(c1ccc(NC(=NC)NN3CCN(C4CC5CC(C4C)C5(C)C)CC3)nc1)NC=C2. The number of anilines is 1. The Labute approximate surface area is 239 Å². The fourth-order valence-electron chi connectivity index (χ4n) is 7.64. The summed E-state index contributed by atoms with van der Waals surface area (Å²) >= 11 is 0. The Morgan fingerprint density at radius 3 is 2.65 bits per heavy atom. The summed E-state index contributed by atoms with van der Waals surface area (Å²) in [6.45, 7) is 14.3. The molecular formula is C32H45N7O. The van der Waals surface area contributed by atoms with Crippen molar-refractivity contribution in [3.8, 4) is 5.75 Å². The fourth-order valence-corrected chi connectivity index (χ4v) is 7.64. The molecule has 1 aromatic carbocycles. The van der Waals surface area contributed by atoms with E-state index in [2.05, 4.69) is 76.0 Å². The number of rotatable bonds is 6. The maximum atomic E-state index is 5.74. The Kier molecular flexibility index (Phi) is 7.48. The van der Waals surface area contributed by atoms with Crippen LogP contribution in [0.5, 0.6) is 5.75 Å². The molecule has 5 unspecified atom stereocenters. The minimum absolute atomic E-state index is 0.0274. The predicted molar refractivity (Wildman–Crippen MR) is 162 cm³/mol. The highest BCUT2D eigenvalue weighted by Gasteiger charge is 2.57. The van der Waals surface area contributed by atoms with Crippen LogP contribution in [0.2, 0.25) is 0 Å². The molecule has 2 bridgehead atoms. The number of nitrogens with one attached hydrogen (secondary N) is 3. The molecule has 2 aliphatic heterocycles. The largest absolute Gasteiger partial charge is 0.494 e. The van der Waals surface area contributed by atoms with Crippen molar-refractivity contribution in [3.05, 3.63) is 59.4 Å². The Balaban J connectivity index is 1.03. The summed E-state index contributed by atoms with van der Waals surface area (Å²) in [6.07, 6.45) is 8.84. The second-order valence-electron chi connectivity index (χ2n) is 12.5. The van der Waals surface area contributed by atoms with Crippen molar-refractivity contribution < 1.29 is 4.74 Å². The first-order valence-electron chi connectivity index (χ1n) is 15.0. The van der Waals surface area contributed by atoms with Gasteiger partial charge in [-0.05, 0) is 90.1 Å². The van der Waals surface area contributed by atoms with Gasteiger partial charge >= 0.3 is 0 Å². The van der Waals surface area contributed by atoms with Gasteiger partial charge in [0.25, 0.3) is 0 Å². The molecule has 1 saturated heterocycles. The first kappa shape index (κ1) is 27.1. The number of benzene rings is 1. The summed E-state index contributed by atoms with van der Waals surface area (Å²) < 4.78 is 5.74. The van der Waals surface area contributed by atoms with Crippen molar-refractivity contribution >= 4 is 17.9 Å². The van der Waals surface area contributed by atoms with Crippen LogP contribution in [0.25, 0.3) is 6.08 Å². The lowest BCUT2D eigenvalue weighted by Gasteiger charge is -2.64. The molecule has 3 saturated carbocycles. The van der Waals surface area contributed by atoms with Crippen LogP contribution in [0.4, 0.5) is 5.82 Å². The Morgan fingerprint density at radius 1 is 1.15 bits per heavy atom. The molecular weight excluding hydrogens is 498 g/mol. The average molecular weight is 544 g/mol. The number of ether oxygens (including phenoxy) is 1. The van der Waals surface area contributed by atoms with Crippen LogP contribution in [0.3, 0.4) is 0 Å². The normalized spacial score (nSPS) is 29.6. The van der Waals surface area contributed by atoms with Gasteiger partial charge < -0.3 is 15.4 Å². The van der Waals surface area contributed by atoms with E-state index in [1.165, 1.54) is 24.0 Å². The Bertz CT molecular complexity index is 1250. The van der Waals surface area contributed by atoms with Gasteiger partial charge in [0.05, 0.1) is 12.6 Å². The number of hydrazine groups is 1. The summed E-state index contributed by atoms with van der Waals surface area (Å²) in [5.41, 5.74) is 7.53. The van der Waals surface area contributed by atoms with E-state index >= 15 is 0 Å². The van der Waals surface area contributed by atoms with Gasteiger partial charge in [0.2, 0.25) is 5.96 Å². The minimum atomic E-state index is 0.0274. The van der Waals surface area contributed by atoms with Crippen LogP contribution < -0.4 is 20.8 Å². The number of hydrogen-bond donors (Lipinski definition) is 3. The number of hydrogen-bond acceptors (Lipinski definition) is 6. The van der Waals surface area contributed by atoms with Crippen molar-refractivity contribution in [2.75, 3.05) is 45.2 Å². The highest BCUT2D eigenvalue weighted by atomic mass is 16.5. The van der Waals surface area contributed by atoms with Gasteiger partial charge in [-0.15, -0.1) is 0 Å². The number of aliphatic imine (C=N–C) groups is 1. The zero-order chi connectivity index (χ0) is 27.9. The molecule has 40 heavy (non-hydrogen) atoms. The first-order valence-corrected chi connectivity index (χ1v) is 15.0. The van der Waals surface area contributed by atoms with Crippen molar-refractivity contribution in [1.82, 2.24) is 25.6 Å². The Morgan fingerprint density at radius 2 is 1.98 bits per heavy atom. The van der Waals surface area contributed by atoms with Gasteiger partial charge in [-0.25, -0.2) is 9.99 Å². The van der Waals surface area contributed by atoms with Crippen LogP contribution >= 0.6 is 0 Å². The third kappa shape index (κ3) is 5.07. The molecule has 3 N–H and O–H groups in total. The van der Waals surface area contributed by atoms with Crippen LogP contribution in [-0.2, 0) is 0 Å². The lowest BCUT2D eigenvalue weighted by Crippen LogP contribution is -2.64. The van der Waals surface area contributed by atoms with Gasteiger partial charge in [0.15, 0.2) is 0 Å². The van der Waals surface area contributed by atoms with E-state index in [9.17, 15) is 0 Å². The number of fused-ring (bicyclic) bond motifs is 3. The molecule has 5 atom stereocenters. The van der Waals surface area contributed by atoms with Gasteiger partial charge in [-0.1, -0.05) is 32.9 Å². The van der Waals surface area contributed by atoms with Gasteiger partial charge in [0, 0.05) is 45.5 Å². The number of aromatic nitrogens is 1. The van der Waals surface area contributed by atoms with Gasteiger partial charge in [-0.3, -0.25) is 15.3 Å². The Hall–Kier alpha value is -3.10. The van der Waals surface area contributed by atoms with Crippen molar-refractivity contribution in [1.29, 1.82) is 0 Å². The standard InChI is InChI=1S/C32H45N7O/c1-6-40-25-9-7-22-11-12-34-30(26(22)19-25)23-8-10-29(35-20-23)36-31(33-5)37-39-15-13-38(14-16-39)28-18-24-17-27(21(28)2)32(24,3)4/h7-12,19-21,24,27-28,30,34H,6,13-18H2,1-5H3,(H2,33,35,36,37). The lowest BCUT2D eigenvalue weighted by molar-refractivity contribution is -0.143. The quantitative estimate of drug-likeness (QED) is 0.359. The van der Waals surface area contributed by atoms with Crippen LogP contribution in [0.1, 0.15) is 63.3 Å². The topological polar surface area (TPSA) is 77.1 Å². The molecule has 8 nitrogen and oxygen atoms in total. The zero-order valence-electron chi connectivity index (χ0n) is 24.7. The molecule has 3 aliphatic carbocycles. The monoisotopic (exact) mass is 543 g/mol. The van der Waals surface area contributed by atoms with Crippen molar-refractivity contribution in [2.24, 2.45) is 28.2 Å². The second kappa shape index (κ2) is 11.1. The first-order chi connectivity index (χ1) is 19.4. The fraction of sp³-hybridized carbons (Fsp3) is 0.562. The van der Waals surface area contributed by atoms with Crippen LogP contribution in [0, 0.1) is 23.2 Å². The lowest BCUT2D eigenvalue weighted by atomic mass is 9.44. The second-order valence-corrected chi connectivity index (χ2v) is 12.5. The summed E-state index contributed by atoms with van der Waals surface area (Å²) in [7, 11) is 1.81. The van der Waals surface area contributed by atoms with E-state index in [0.29, 0.717) is 18.0 Å². The molecule has 7 rings (SSSR count). The van der Waals surface area contributed by atoms with E-state index < -0.39 is 0 Å². The molecule has 5 aliphatic rings. The number of guanidine groups is 1. The van der Waals surface area contributed by atoms with Crippen LogP contribution in [-0.4, -0.2) is 66.7 Å². The summed E-state index contributed by atoms with van der Waals surface area (Å²) in [5.74, 6) is 4.96. The molecule has 1 aromatic heterocycles. The van der Waals surface area contributed by atoms with E-state index in [4.69, 9.17) is 9.72 Å². The summed E-state index contributed by atoms with van der Waals surface area (Å²) in [5, 5.41) is 9.13. The molecule has 8 heteroatoms. The molecule has 3 heterocycles. The van der Waals surface area contributed by atoms with E-state index in [0.717, 1.165) is 67.1 Å². The van der Waals surface area contributed by atoms with Crippen molar-refractivity contribution in [2.45, 2.75) is 52.6 Å². The van der Waals surface area contributed by atoms with E-state index in [1.54, 1.807) is 0 Å². The van der Waals surface area contributed by atoms with Gasteiger partial charge in [0.1, 0.15) is 11.6 Å². The van der Waals surface area contributed by atoms with Crippen LogP contribution in [0.15, 0.2) is 47.7 Å². The number of nitrogens with zero attached hydrogens (tertiary/aromatic N) is 4. The van der Waals surface area contributed by atoms with E-state index in [-0.39, 0.29) is 6.04 Å². The third-order valence-corrected chi connectivity index (χ3v) is 10.2. The molecule has 0 amide bonds. The third-order valence-electron chi connectivity index (χ3n) is 10.2. The smallest absolute Gasteiger partial charge is 0.211 e. The van der Waals surface area contributed by atoms with Crippen molar-refractivity contribution in [3.63, 3.8) is 0 Å². The number of pyridine rings is 1. The summed E-state index contributed by atoms with van der Waals surface area (Å²) in [6, 6.07) is 11.2. The van der Waals surface area contributed by atoms with E-state index in [1.807, 2.05) is 38.5 Å². The maximum absolute atomic E-state index is 5.74. The molecule has 4 fully saturated rings. The highest BCUT2D eigenvalue weighted by Crippen LogP contribution is 2.62. The maximum Gasteiger partial charge on any atom is 0.211 e. The molecule has 0 radical (unpaired) electrons. The molecule has 0 spiro atoms. The zero-order valence-corrected chi connectivity index (χ0v) is 24.7. The predicted octanol–water partition coefficient (Wildman–Crippen LogP) is 4.73. The average Bonchev–Trinajstić information content (AvgIpc) is 2.97. The van der Waals surface area contributed by atoms with Gasteiger partial charge in [-0.2, -0.15) is 0 Å². The number of piperazine rings is 1. The molecule has 2 aromatic rings.